The molecule has 0 saturated heterocycles. The third-order valence-corrected chi connectivity index (χ3v) is 8.85. The quantitative estimate of drug-likeness (QED) is 0.101. The molecule has 2 unspecified atom stereocenters. The predicted molar refractivity (Wildman–Crippen MR) is 185 cm³/mol. The van der Waals surface area contributed by atoms with Crippen LogP contribution >= 0.6 is 0 Å². The summed E-state index contributed by atoms with van der Waals surface area (Å²) in [5.41, 5.74) is 7.14. The number of rotatable bonds is 9. The maximum Gasteiger partial charge on any atom is 0.514 e. The van der Waals surface area contributed by atoms with E-state index in [2.05, 4.69) is 28.6 Å². The van der Waals surface area contributed by atoms with Gasteiger partial charge in [0.2, 0.25) is 5.91 Å². The molecule has 5 rings (SSSR count). The van der Waals surface area contributed by atoms with Gasteiger partial charge in [0.25, 0.3) is 0 Å². The Labute approximate surface area is 277 Å². The molecular formula is C39H45N3O5. The Bertz CT molecular complexity index is 1740. The van der Waals surface area contributed by atoms with Gasteiger partial charge in [0.15, 0.2) is 0 Å². The average Bonchev–Trinajstić information content (AvgIpc) is 3.36. The molecule has 0 saturated carbocycles. The zero-order chi connectivity index (χ0) is 33.7. The summed E-state index contributed by atoms with van der Waals surface area (Å²) < 4.78 is 13.2. The number of aliphatic imine (C=N–C) groups is 1. The molecule has 0 aliphatic heterocycles. The van der Waals surface area contributed by atoms with Crippen LogP contribution in [0.4, 0.5) is 4.79 Å². The summed E-state index contributed by atoms with van der Waals surface area (Å²) in [6.07, 6.45) is 8.63. The number of carbonyl (C=O) groups is 3. The number of unbranched alkanes of at least 4 members (excludes halogenated alkanes) is 1. The molecule has 47 heavy (non-hydrogen) atoms. The molecule has 0 spiro atoms. The lowest BCUT2D eigenvalue weighted by atomic mass is 9.77. The van der Waals surface area contributed by atoms with Gasteiger partial charge >= 0.3 is 6.16 Å². The van der Waals surface area contributed by atoms with Gasteiger partial charge in [-0.15, -0.1) is 0 Å². The van der Waals surface area contributed by atoms with E-state index in [0.29, 0.717) is 37.3 Å². The minimum absolute atomic E-state index is 0.221. The number of aryl methyl sites for hydroxylation is 1. The lowest BCUT2D eigenvalue weighted by Crippen LogP contribution is -2.29. The van der Waals surface area contributed by atoms with Crippen molar-refractivity contribution >= 4 is 30.1 Å². The van der Waals surface area contributed by atoms with Gasteiger partial charge in [0.1, 0.15) is 23.5 Å². The van der Waals surface area contributed by atoms with Gasteiger partial charge in [-0.2, -0.15) is 0 Å². The van der Waals surface area contributed by atoms with Gasteiger partial charge in [0.05, 0.1) is 23.0 Å². The number of allylic oxidation sites excluding steroid dienone is 3. The molecule has 0 N–H and O–H groups in total. The topological polar surface area (TPSA) is 99.8 Å². The molecule has 8 nitrogen and oxygen atoms in total. The summed E-state index contributed by atoms with van der Waals surface area (Å²) in [7, 11) is 0. The largest absolute Gasteiger partial charge is 0.514 e. The number of imidazole rings is 1. The van der Waals surface area contributed by atoms with Crippen molar-refractivity contribution in [2.75, 3.05) is 0 Å². The first-order chi connectivity index (χ1) is 22.5. The van der Waals surface area contributed by atoms with Crippen LogP contribution in [0.2, 0.25) is 0 Å². The van der Waals surface area contributed by atoms with Crippen LogP contribution in [0.15, 0.2) is 70.7 Å². The number of carbonyl (C=O) groups excluding carboxylic acids is 3. The standard InChI is InChI=1S/C39H45N3O5/c1-7-8-13-36-41-33-19-18-30(40-37(44)32-21-26(3)25(2)20-29(32)24-43)22-34(33)42(36)23-27-14-16-28(17-15-27)31-11-9-10-12-35(31)46-38(45)47-39(4,5)6/h9-12,14-19,24,29,32H,7-8,13,20-23H2,1-6H3. The smallest absolute Gasteiger partial charge is 0.428 e. The molecular weight excluding hydrogens is 590 g/mol. The Morgan fingerprint density at radius 3 is 2.45 bits per heavy atom. The van der Waals surface area contributed by atoms with E-state index < -0.39 is 17.7 Å². The summed E-state index contributed by atoms with van der Waals surface area (Å²) in [6.45, 7) is 12.3. The first-order valence-corrected chi connectivity index (χ1v) is 16.5. The summed E-state index contributed by atoms with van der Waals surface area (Å²) in [4.78, 5) is 47.1. The zero-order valence-electron chi connectivity index (χ0n) is 28.3. The molecule has 0 bridgehead atoms. The van der Waals surface area contributed by atoms with Crippen LogP contribution in [0.25, 0.3) is 17.2 Å². The fourth-order valence-electron chi connectivity index (χ4n) is 6.16. The molecule has 0 fully saturated rings. The number of hydrogen-bond acceptors (Lipinski definition) is 6. The van der Waals surface area contributed by atoms with Gasteiger partial charge in [-0.1, -0.05) is 67.0 Å². The van der Waals surface area contributed by atoms with Crippen LogP contribution in [0, 0.1) is 11.8 Å². The summed E-state index contributed by atoms with van der Waals surface area (Å²) in [6, 6.07) is 15.6. The predicted octanol–water partition coefficient (Wildman–Crippen LogP) is 8.35. The molecule has 246 valence electrons. The number of nitrogens with zero attached hydrogens (tertiary/aromatic N) is 3. The number of fused-ring (bicyclic) bond motifs is 1. The molecule has 0 radical (unpaired) electrons. The molecule has 2 aliphatic carbocycles. The lowest BCUT2D eigenvalue weighted by molar-refractivity contribution is -0.127. The first-order valence-electron chi connectivity index (χ1n) is 16.5. The van der Waals surface area contributed by atoms with Crippen LogP contribution in [0.3, 0.4) is 0 Å². The van der Waals surface area contributed by atoms with E-state index in [1.54, 1.807) is 26.8 Å². The third-order valence-electron chi connectivity index (χ3n) is 8.85. The van der Waals surface area contributed by atoms with Gasteiger partial charge in [-0.25, -0.2) is 14.8 Å². The Morgan fingerprint density at radius 1 is 1.02 bits per heavy atom. The van der Waals surface area contributed by atoms with Crippen molar-refractivity contribution in [1.82, 2.24) is 9.55 Å². The summed E-state index contributed by atoms with van der Waals surface area (Å²) in [5.74, 6) is 0.479. The van der Waals surface area contributed by atoms with E-state index in [-0.39, 0.29) is 11.8 Å². The molecule has 3 aromatic rings. The van der Waals surface area contributed by atoms with E-state index in [1.165, 1.54) is 11.1 Å². The second-order valence-electron chi connectivity index (χ2n) is 13.6. The summed E-state index contributed by atoms with van der Waals surface area (Å²) >= 11 is 0. The number of benzene rings is 2. The lowest BCUT2D eigenvalue weighted by Gasteiger charge is -2.27. The molecule has 8 heteroatoms. The van der Waals surface area contributed by atoms with Crippen molar-refractivity contribution in [3.8, 4) is 16.9 Å². The average molecular weight is 636 g/mol. The van der Waals surface area contributed by atoms with Gasteiger partial charge in [0, 0.05) is 30.9 Å². The second-order valence-corrected chi connectivity index (χ2v) is 13.6. The second kappa shape index (κ2) is 14.4. The van der Waals surface area contributed by atoms with Crippen LogP contribution in [0.5, 0.6) is 5.75 Å². The van der Waals surface area contributed by atoms with Crippen molar-refractivity contribution in [3.63, 3.8) is 0 Å². The van der Waals surface area contributed by atoms with E-state index in [9.17, 15) is 14.4 Å². The first kappa shape index (κ1) is 33.8. The van der Waals surface area contributed by atoms with E-state index in [1.807, 2.05) is 56.3 Å². The zero-order valence-corrected chi connectivity index (χ0v) is 28.3. The molecule has 2 atom stereocenters. The van der Waals surface area contributed by atoms with E-state index in [0.717, 1.165) is 59.5 Å². The Kier molecular flexibility index (Phi) is 10.4. The van der Waals surface area contributed by atoms with Crippen LogP contribution in [-0.4, -0.2) is 39.2 Å². The molecule has 1 aromatic heterocycles. The Morgan fingerprint density at radius 2 is 1.74 bits per heavy atom. The fraction of sp³-hybridized carbons (Fsp3) is 0.410. The minimum Gasteiger partial charge on any atom is -0.428 e. The van der Waals surface area contributed by atoms with Gasteiger partial charge < -0.3 is 18.8 Å². The van der Waals surface area contributed by atoms with Crippen molar-refractivity contribution in [2.24, 2.45) is 16.8 Å². The number of ether oxygens (including phenoxy) is 2. The highest BCUT2D eigenvalue weighted by molar-refractivity contribution is 6.07. The number of aldehydes is 1. The van der Waals surface area contributed by atoms with E-state index in [4.69, 9.17) is 14.5 Å². The number of amides is 1. The minimum atomic E-state index is -0.742. The SMILES string of the molecule is CCCCc1nc2c(n1Cc1ccc(-c3ccccc3OC(=O)OC(C)(C)C)cc1)CC(=NC(=O)C1CC(C)=C(C)CC1C=O)C=C2. The van der Waals surface area contributed by atoms with E-state index >= 15 is 0 Å². The molecule has 1 heterocycles. The third kappa shape index (κ3) is 8.23. The number of aromatic nitrogens is 2. The maximum atomic E-state index is 13.4. The highest BCUT2D eigenvalue weighted by Crippen LogP contribution is 2.34. The van der Waals surface area contributed by atoms with Crippen molar-refractivity contribution in [1.29, 1.82) is 0 Å². The van der Waals surface area contributed by atoms with Crippen LogP contribution in [0.1, 0.15) is 90.0 Å². The van der Waals surface area contributed by atoms with Gasteiger partial charge in [-0.3, -0.25) is 4.79 Å². The highest BCUT2D eigenvalue weighted by Gasteiger charge is 2.33. The molecule has 2 aromatic carbocycles. The van der Waals surface area contributed by atoms with Crippen LogP contribution in [-0.2, 0) is 33.7 Å². The Hall–Kier alpha value is -4.59. The fourth-order valence-corrected chi connectivity index (χ4v) is 6.16. The number of hydrogen-bond donors (Lipinski definition) is 0. The molecule has 2 aliphatic rings. The monoisotopic (exact) mass is 635 g/mol. The summed E-state index contributed by atoms with van der Waals surface area (Å²) in [5, 5.41) is 0. The molecule has 1 amide bonds. The van der Waals surface area contributed by atoms with Crippen molar-refractivity contribution < 1.29 is 23.9 Å². The Balaban J connectivity index is 1.37. The van der Waals surface area contributed by atoms with Crippen molar-refractivity contribution in [2.45, 2.75) is 92.2 Å². The maximum absolute atomic E-state index is 13.4. The van der Waals surface area contributed by atoms with Crippen molar-refractivity contribution in [3.05, 3.63) is 88.5 Å². The number of para-hydroxylation sites is 1. The van der Waals surface area contributed by atoms with Crippen LogP contribution < -0.4 is 4.74 Å². The van der Waals surface area contributed by atoms with Gasteiger partial charge in [-0.05, 0) is 83.2 Å². The highest BCUT2D eigenvalue weighted by atomic mass is 16.7. The normalized spacial score (nSPS) is 18.6.